The minimum atomic E-state index is -0.871. The van der Waals surface area contributed by atoms with Crippen LogP contribution in [-0.2, 0) is 4.79 Å². The van der Waals surface area contributed by atoms with E-state index in [9.17, 15) is 18.4 Å². The first-order valence-corrected chi connectivity index (χ1v) is 11.8. The van der Waals surface area contributed by atoms with Crippen molar-refractivity contribution >= 4 is 11.8 Å². The molecule has 1 aliphatic heterocycles. The Morgan fingerprint density at radius 3 is 2.44 bits per heavy atom. The number of hydrogen-bond donors (Lipinski definition) is 1. The van der Waals surface area contributed by atoms with Crippen LogP contribution in [0.5, 0.6) is 5.75 Å². The second-order valence-electron chi connectivity index (χ2n) is 8.45. The van der Waals surface area contributed by atoms with Gasteiger partial charge in [0.1, 0.15) is 17.4 Å². The predicted octanol–water partition coefficient (Wildman–Crippen LogP) is 4.02. The van der Waals surface area contributed by atoms with Crippen LogP contribution in [0.15, 0.2) is 42.5 Å². The largest absolute Gasteiger partial charge is 0.497 e. The van der Waals surface area contributed by atoms with Gasteiger partial charge in [-0.3, -0.25) is 14.5 Å². The number of likely N-dealkylation sites (N-methyl/N-ethyl adjacent to an activating group) is 1. The molecule has 1 unspecified atom stereocenters. The van der Waals surface area contributed by atoms with Gasteiger partial charge in [-0.2, -0.15) is 0 Å². The maximum absolute atomic E-state index is 14.0. The topological polar surface area (TPSA) is 61.9 Å². The molecule has 1 fully saturated rings. The Balaban J connectivity index is 1.59. The van der Waals surface area contributed by atoms with Crippen molar-refractivity contribution in [3.05, 3.63) is 65.2 Å². The monoisotopic (exact) mass is 473 g/mol. The molecule has 1 atom stereocenters. The summed E-state index contributed by atoms with van der Waals surface area (Å²) >= 11 is 0. The van der Waals surface area contributed by atoms with Crippen LogP contribution in [0.25, 0.3) is 0 Å². The van der Waals surface area contributed by atoms with Gasteiger partial charge in [-0.15, -0.1) is 0 Å². The van der Waals surface area contributed by atoms with Crippen molar-refractivity contribution in [2.24, 2.45) is 5.92 Å². The third kappa shape index (κ3) is 6.11. The summed E-state index contributed by atoms with van der Waals surface area (Å²) in [5.41, 5.74) is 0.926. The molecule has 6 nitrogen and oxygen atoms in total. The highest BCUT2D eigenvalue weighted by Crippen LogP contribution is 2.25. The number of methoxy groups -OCH3 is 1. The van der Waals surface area contributed by atoms with Crippen molar-refractivity contribution < 1.29 is 23.1 Å². The Bertz CT molecular complexity index is 989. The number of likely N-dealkylation sites (tertiary alicyclic amines) is 1. The van der Waals surface area contributed by atoms with Crippen LogP contribution < -0.4 is 10.1 Å². The fraction of sp³-hybridized carbons (Fsp3) is 0.462. The molecule has 0 aromatic heterocycles. The lowest BCUT2D eigenvalue weighted by Gasteiger charge is -2.33. The van der Waals surface area contributed by atoms with Gasteiger partial charge in [-0.25, -0.2) is 8.78 Å². The summed E-state index contributed by atoms with van der Waals surface area (Å²) in [6, 6.07) is 10.8. The molecule has 1 N–H and O–H groups in total. The first-order chi connectivity index (χ1) is 16.4. The van der Waals surface area contributed by atoms with Crippen molar-refractivity contribution in [1.82, 2.24) is 15.1 Å². The molecule has 2 amide bonds. The van der Waals surface area contributed by atoms with E-state index in [1.807, 2.05) is 24.3 Å². The zero-order chi connectivity index (χ0) is 24.7. The van der Waals surface area contributed by atoms with Gasteiger partial charge in [0, 0.05) is 31.6 Å². The highest BCUT2D eigenvalue weighted by molar-refractivity contribution is 5.94. The van der Waals surface area contributed by atoms with Crippen LogP contribution in [0.3, 0.4) is 0 Å². The lowest BCUT2D eigenvalue weighted by Crippen LogP contribution is -2.45. The summed E-state index contributed by atoms with van der Waals surface area (Å²) in [6.45, 7) is 7.04. The number of amides is 2. The summed E-state index contributed by atoms with van der Waals surface area (Å²) in [6.07, 6.45) is 0.991. The summed E-state index contributed by atoms with van der Waals surface area (Å²) in [7, 11) is 1.63. The molecule has 0 bridgehead atoms. The van der Waals surface area contributed by atoms with Crippen molar-refractivity contribution in [2.75, 3.05) is 39.8 Å². The Hall–Kier alpha value is -3.00. The van der Waals surface area contributed by atoms with E-state index in [-0.39, 0.29) is 23.4 Å². The Labute approximate surface area is 199 Å². The number of nitrogens with zero attached hydrogens (tertiary/aromatic N) is 2. The number of rotatable bonds is 9. The average molecular weight is 474 g/mol. The van der Waals surface area contributed by atoms with Gasteiger partial charge in [0.05, 0.1) is 18.7 Å². The van der Waals surface area contributed by atoms with E-state index in [4.69, 9.17) is 4.74 Å². The maximum Gasteiger partial charge on any atom is 0.256 e. The van der Waals surface area contributed by atoms with Crippen molar-refractivity contribution in [3.63, 3.8) is 0 Å². The molecule has 0 radical (unpaired) electrons. The summed E-state index contributed by atoms with van der Waals surface area (Å²) < 4.78 is 32.5. The lowest BCUT2D eigenvalue weighted by atomic mass is 9.95. The number of carbonyl (C=O) groups excluding carboxylic acids is 2. The van der Waals surface area contributed by atoms with Crippen molar-refractivity contribution in [1.29, 1.82) is 0 Å². The van der Waals surface area contributed by atoms with Gasteiger partial charge in [0.25, 0.3) is 5.91 Å². The van der Waals surface area contributed by atoms with Crippen LogP contribution in [0, 0.1) is 17.6 Å². The highest BCUT2D eigenvalue weighted by Gasteiger charge is 2.29. The van der Waals surface area contributed by atoms with Crippen LogP contribution in [0.2, 0.25) is 0 Å². The minimum absolute atomic E-state index is 0.0113. The molecule has 0 aliphatic carbocycles. The standard InChI is InChI=1S/C26H33F2N3O3/c1-4-30(5-2)24(19-7-6-8-21(15-19)34-3)17-29-25(32)18-11-13-31(14-12-18)26(33)22-10-9-20(27)16-23(22)28/h6-10,15-16,18,24H,4-5,11-14,17H2,1-3H3,(H,29,32). The quantitative estimate of drug-likeness (QED) is 0.598. The van der Waals surface area contributed by atoms with E-state index in [0.717, 1.165) is 36.5 Å². The summed E-state index contributed by atoms with van der Waals surface area (Å²) in [5, 5.41) is 3.10. The number of ether oxygens (including phenoxy) is 1. The van der Waals surface area contributed by atoms with E-state index >= 15 is 0 Å². The SMILES string of the molecule is CCN(CC)C(CNC(=O)C1CCN(C(=O)c2ccc(F)cc2F)CC1)c1cccc(OC)c1. The second-order valence-corrected chi connectivity index (χ2v) is 8.45. The molecule has 2 aromatic carbocycles. The fourth-order valence-electron chi connectivity index (χ4n) is 4.49. The molecule has 2 aromatic rings. The molecule has 34 heavy (non-hydrogen) atoms. The molecule has 0 spiro atoms. The number of benzene rings is 2. The van der Waals surface area contributed by atoms with E-state index in [1.165, 1.54) is 4.90 Å². The van der Waals surface area contributed by atoms with Crippen LogP contribution >= 0.6 is 0 Å². The highest BCUT2D eigenvalue weighted by atomic mass is 19.1. The number of hydrogen-bond acceptors (Lipinski definition) is 4. The van der Waals surface area contributed by atoms with Gasteiger partial charge >= 0.3 is 0 Å². The molecular formula is C26H33F2N3O3. The molecule has 1 aliphatic rings. The number of halogens is 2. The third-order valence-corrected chi connectivity index (χ3v) is 6.52. The van der Waals surface area contributed by atoms with Crippen molar-refractivity contribution in [2.45, 2.75) is 32.7 Å². The molecule has 184 valence electrons. The lowest BCUT2D eigenvalue weighted by molar-refractivity contribution is -0.126. The molecule has 8 heteroatoms. The minimum Gasteiger partial charge on any atom is -0.497 e. The smallest absolute Gasteiger partial charge is 0.256 e. The van der Waals surface area contributed by atoms with Gasteiger partial charge in [0.2, 0.25) is 5.91 Å². The third-order valence-electron chi connectivity index (χ3n) is 6.52. The number of nitrogens with one attached hydrogen (secondary N) is 1. The Morgan fingerprint density at radius 1 is 1.12 bits per heavy atom. The van der Waals surface area contributed by atoms with E-state index in [2.05, 4.69) is 24.1 Å². The fourth-order valence-corrected chi connectivity index (χ4v) is 4.49. The van der Waals surface area contributed by atoms with Gasteiger partial charge in [0.15, 0.2) is 0 Å². The zero-order valence-electron chi connectivity index (χ0n) is 20.0. The van der Waals surface area contributed by atoms with Crippen molar-refractivity contribution in [3.8, 4) is 5.75 Å². The molecule has 0 saturated carbocycles. The number of carbonyl (C=O) groups is 2. The molecule has 3 rings (SSSR count). The average Bonchev–Trinajstić information content (AvgIpc) is 2.86. The normalized spacial score (nSPS) is 15.3. The van der Waals surface area contributed by atoms with E-state index in [0.29, 0.717) is 38.5 Å². The first kappa shape index (κ1) is 25.6. The Kier molecular flexibility index (Phi) is 8.98. The second kappa shape index (κ2) is 11.9. The maximum atomic E-state index is 14.0. The van der Waals surface area contributed by atoms with Crippen LogP contribution in [0.4, 0.5) is 8.78 Å². The first-order valence-electron chi connectivity index (χ1n) is 11.8. The Morgan fingerprint density at radius 2 is 1.82 bits per heavy atom. The summed E-state index contributed by atoms with van der Waals surface area (Å²) in [4.78, 5) is 29.4. The summed E-state index contributed by atoms with van der Waals surface area (Å²) in [5.74, 6) is -1.55. The van der Waals surface area contributed by atoms with Crippen LogP contribution in [0.1, 0.15) is 48.7 Å². The molecule has 1 saturated heterocycles. The zero-order valence-corrected chi connectivity index (χ0v) is 20.0. The molecule has 1 heterocycles. The predicted molar refractivity (Wildman–Crippen MR) is 127 cm³/mol. The van der Waals surface area contributed by atoms with E-state index < -0.39 is 17.5 Å². The van der Waals surface area contributed by atoms with Gasteiger partial charge in [-0.05, 0) is 55.8 Å². The van der Waals surface area contributed by atoms with Gasteiger partial charge < -0.3 is 15.0 Å². The number of piperidine rings is 1. The van der Waals surface area contributed by atoms with Crippen LogP contribution in [-0.4, -0.2) is 61.4 Å². The van der Waals surface area contributed by atoms with Gasteiger partial charge in [-0.1, -0.05) is 26.0 Å². The van der Waals surface area contributed by atoms with E-state index in [1.54, 1.807) is 7.11 Å². The molecular weight excluding hydrogens is 440 g/mol.